The van der Waals surface area contributed by atoms with Crippen molar-refractivity contribution in [1.82, 2.24) is 4.90 Å². The third-order valence-corrected chi connectivity index (χ3v) is 8.64. The van der Waals surface area contributed by atoms with Gasteiger partial charge in [-0.25, -0.2) is 8.42 Å². The van der Waals surface area contributed by atoms with Gasteiger partial charge in [0.15, 0.2) is 21.4 Å². The molecule has 3 heterocycles. The minimum absolute atomic E-state index is 0.0190. The monoisotopic (exact) mass is 445 g/mol. The molecule has 7 nitrogen and oxygen atoms in total. The molecule has 0 spiro atoms. The molecule has 1 saturated carbocycles. The van der Waals surface area contributed by atoms with Gasteiger partial charge in [0.2, 0.25) is 0 Å². The number of carbonyl (C=O) groups is 2. The molecule has 0 radical (unpaired) electrons. The molecule has 1 aromatic rings. The van der Waals surface area contributed by atoms with Gasteiger partial charge >= 0.3 is 0 Å². The van der Waals surface area contributed by atoms with E-state index in [1.54, 1.807) is 4.90 Å². The van der Waals surface area contributed by atoms with Crippen LogP contribution in [0.15, 0.2) is 35.6 Å². The molecular formula is C23H27NO6S. The van der Waals surface area contributed by atoms with Gasteiger partial charge in [-0.3, -0.25) is 9.59 Å². The number of ether oxygens (including phenoxy) is 2. The molecule has 3 aliphatic heterocycles. The molecule has 1 amide bonds. The Morgan fingerprint density at radius 3 is 2.71 bits per heavy atom. The van der Waals surface area contributed by atoms with Gasteiger partial charge in [-0.2, -0.15) is 0 Å². The summed E-state index contributed by atoms with van der Waals surface area (Å²) < 4.78 is 36.2. The van der Waals surface area contributed by atoms with E-state index in [1.807, 2.05) is 31.2 Å². The van der Waals surface area contributed by atoms with Crippen molar-refractivity contribution in [3.63, 3.8) is 0 Å². The van der Waals surface area contributed by atoms with Crippen molar-refractivity contribution in [3.8, 4) is 5.75 Å². The van der Waals surface area contributed by atoms with Gasteiger partial charge in [-0.1, -0.05) is 18.6 Å². The van der Waals surface area contributed by atoms with Gasteiger partial charge in [-0.05, 0) is 50.3 Å². The van der Waals surface area contributed by atoms with Gasteiger partial charge in [0.05, 0.1) is 35.6 Å². The Bertz CT molecular complexity index is 1060. The maximum absolute atomic E-state index is 13.6. The molecule has 1 aromatic carbocycles. The van der Waals surface area contributed by atoms with Gasteiger partial charge in [0, 0.05) is 6.04 Å². The Labute approximate surface area is 182 Å². The summed E-state index contributed by atoms with van der Waals surface area (Å²) in [6.07, 6.45) is 3.60. The number of hydrogen-bond donors (Lipinski definition) is 0. The predicted octanol–water partition coefficient (Wildman–Crippen LogP) is 2.57. The minimum atomic E-state index is -3.21. The Morgan fingerprint density at radius 2 is 1.97 bits per heavy atom. The highest BCUT2D eigenvalue weighted by Crippen LogP contribution is 2.48. The largest absolute Gasteiger partial charge is 0.494 e. The zero-order chi connectivity index (χ0) is 21.8. The number of sulfone groups is 1. The summed E-state index contributed by atoms with van der Waals surface area (Å²) in [6, 6.07) is 6.27. The molecule has 5 rings (SSSR count). The lowest BCUT2D eigenvalue weighted by atomic mass is 9.77. The fraction of sp³-hybridized carbons (Fsp3) is 0.565. The Morgan fingerprint density at radius 1 is 1.16 bits per heavy atom. The summed E-state index contributed by atoms with van der Waals surface area (Å²) in [5, 5.41) is 0. The van der Waals surface area contributed by atoms with E-state index >= 15 is 0 Å². The van der Waals surface area contributed by atoms with E-state index in [2.05, 4.69) is 0 Å². The van der Waals surface area contributed by atoms with E-state index in [1.165, 1.54) is 0 Å². The SMILES string of the molecule is CCOc1cccc(C2C3=C(OC4CCCCC4C3=O)C(=O)N2C2CCS(=O)(=O)C2)c1. The van der Waals surface area contributed by atoms with Crippen LogP contribution >= 0.6 is 0 Å². The minimum Gasteiger partial charge on any atom is -0.494 e. The second-order valence-electron chi connectivity index (χ2n) is 8.83. The lowest BCUT2D eigenvalue weighted by Gasteiger charge is -2.35. The van der Waals surface area contributed by atoms with Crippen LogP contribution in [-0.4, -0.2) is 55.3 Å². The fourth-order valence-corrected chi connectivity index (χ4v) is 7.21. The average molecular weight is 446 g/mol. The lowest BCUT2D eigenvalue weighted by molar-refractivity contribution is -0.136. The van der Waals surface area contributed by atoms with Crippen molar-refractivity contribution < 1.29 is 27.5 Å². The first-order chi connectivity index (χ1) is 14.9. The van der Waals surface area contributed by atoms with Gasteiger partial charge in [0.25, 0.3) is 5.91 Å². The Kier molecular flexibility index (Phi) is 5.07. The van der Waals surface area contributed by atoms with Gasteiger partial charge in [-0.15, -0.1) is 0 Å². The zero-order valence-corrected chi connectivity index (χ0v) is 18.4. The number of fused-ring (bicyclic) bond motifs is 1. The first-order valence-electron chi connectivity index (χ1n) is 11.1. The van der Waals surface area contributed by atoms with Gasteiger partial charge in [0.1, 0.15) is 11.9 Å². The van der Waals surface area contributed by atoms with Crippen LogP contribution in [-0.2, 0) is 24.2 Å². The van der Waals surface area contributed by atoms with Crippen LogP contribution < -0.4 is 4.74 Å². The molecule has 1 saturated heterocycles. The Balaban J connectivity index is 1.60. The highest BCUT2D eigenvalue weighted by molar-refractivity contribution is 7.91. The van der Waals surface area contributed by atoms with Crippen LogP contribution in [0.25, 0.3) is 0 Å². The average Bonchev–Trinajstić information content (AvgIpc) is 3.25. The molecule has 1 aliphatic carbocycles. The standard InChI is InChI=1S/C23H27NO6S/c1-2-29-16-7-5-6-14(12-16)20-19-21(25)17-8-3-4-9-18(17)30-22(19)23(26)24(20)15-10-11-31(27,28)13-15/h5-7,12,15,17-18,20H,2-4,8-11,13H2,1H3. The summed E-state index contributed by atoms with van der Waals surface area (Å²) >= 11 is 0. The summed E-state index contributed by atoms with van der Waals surface area (Å²) in [5.41, 5.74) is 1.14. The highest BCUT2D eigenvalue weighted by Gasteiger charge is 2.54. The normalized spacial score (nSPS) is 32.0. The number of nitrogens with zero attached hydrogens (tertiary/aromatic N) is 1. The van der Waals surface area contributed by atoms with Gasteiger partial charge < -0.3 is 14.4 Å². The van der Waals surface area contributed by atoms with Crippen LogP contribution in [0.5, 0.6) is 5.75 Å². The Hall–Kier alpha value is -2.35. The fourth-order valence-electron chi connectivity index (χ4n) is 5.50. The second-order valence-corrected chi connectivity index (χ2v) is 11.1. The molecule has 0 aromatic heterocycles. The molecule has 0 N–H and O–H groups in total. The molecule has 166 valence electrons. The lowest BCUT2D eigenvalue weighted by Crippen LogP contribution is -2.41. The number of rotatable bonds is 4. The van der Waals surface area contributed by atoms with Crippen molar-refractivity contribution in [1.29, 1.82) is 0 Å². The molecule has 0 bridgehead atoms. The van der Waals surface area contributed by atoms with Crippen molar-refractivity contribution in [2.24, 2.45) is 5.92 Å². The van der Waals surface area contributed by atoms with Crippen LogP contribution in [0, 0.1) is 5.92 Å². The maximum atomic E-state index is 13.6. The van der Waals surface area contributed by atoms with E-state index in [0.717, 1.165) is 31.2 Å². The first kappa shape index (κ1) is 20.5. The highest BCUT2D eigenvalue weighted by atomic mass is 32.2. The maximum Gasteiger partial charge on any atom is 0.290 e. The van der Waals surface area contributed by atoms with E-state index in [4.69, 9.17) is 9.47 Å². The van der Waals surface area contributed by atoms with Crippen molar-refractivity contribution in [2.75, 3.05) is 18.1 Å². The predicted molar refractivity (Wildman–Crippen MR) is 113 cm³/mol. The molecule has 4 aliphatic rings. The molecule has 8 heteroatoms. The van der Waals surface area contributed by atoms with Crippen LogP contribution in [0.1, 0.15) is 50.6 Å². The summed E-state index contributed by atoms with van der Waals surface area (Å²) in [5.74, 6) is 0.144. The van der Waals surface area contributed by atoms with E-state index in [-0.39, 0.29) is 41.0 Å². The number of benzene rings is 1. The topological polar surface area (TPSA) is 90.0 Å². The summed E-state index contributed by atoms with van der Waals surface area (Å²) in [7, 11) is -3.21. The quantitative estimate of drug-likeness (QED) is 0.708. The van der Waals surface area contributed by atoms with Crippen LogP contribution in [0.2, 0.25) is 0 Å². The summed E-state index contributed by atoms with van der Waals surface area (Å²) in [4.78, 5) is 28.7. The van der Waals surface area contributed by atoms with Crippen molar-refractivity contribution in [2.45, 2.75) is 57.2 Å². The third kappa shape index (κ3) is 3.45. The smallest absolute Gasteiger partial charge is 0.290 e. The van der Waals surface area contributed by atoms with Crippen molar-refractivity contribution in [3.05, 3.63) is 41.2 Å². The number of amides is 1. The third-order valence-electron chi connectivity index (χ3n) is 6.89. The first-order valence-corrected chi connectivity index (χ1v) is 12.9. The number of ketones is 1. The number of hydrogen-bond acceptors (Lipinski definition) is 6. The second kappa shape index (κ2) is 7.65. The van der Waals surface area contributed by atoms with E-state index < -0.39 is 21.9 Å². The zero-order valence-electron chi connectivity index (χ0n) is 17.6. The van der Waals surface area contributed by atoms with E-state index in [0.29, 0.717) is 24.4 Å². The van der Waals surface area contributed by atoms with Crippen LogP contribution in [0.4, 0.5) is 0 Å². The molecular weight excluding hydrogens is 418 g/mol. The molecule has 4 unspecified atom stereocenters. The van der Waals surface area contributed by atoms with Crippen molar-refractivity contribution >= 4 is 21.5 Å². The van der Waals surface area contributed by atoms with E-state index in [9.17, 15) is 18.0 Å². The van der Waals surface area contributed by atoms with Crippen LogP contribution in [0.3, 0.4) is 0 Å². The molecule has 4 atom stereocenters. The summed E-state index contributed by atoms with van der Waals surface area (Å²) in [6.45, 7) is 2.39. The number of Topliss-reactive ketones (excluding diaryl/α,β-unsaturated/α-hetero) is 1. The molecule has 2 fully saturated rings. The molecule has 31 heavy (non-hydrogen) atoms. The number of carbonyl (C=O) groups excluding carboxylic acids is 2.